The number of esters is 1. The normalized spacial score (nSPS) is 12.2. The predicted molar refractivity (Wildman–Crippen MR) is 109 cm³/mol. The van der Waals surface area contributed by atoms with Crippen molar-refractivity contribution in [2.24, 2.45) is 0 Å². The van der Waals surface area contributed by atoms with Gasteiger partial charge < -0.3 is 10.1 Å². The van der Waals surface area contributed by atoms with Gasteiger partial charge in [0.2, 0.25) is 5.91 Å². The molecule has 1 atom stereocenters. The lowest BCUT2D eigenvalue weighted by molar-refractivity contribution is -0.139. The summed E-state index contributed by atoms with van der Waals surface area (Å²) in [5, 5.41) is 2.45. The third kappa shape index (κ3) is 6.20. The Labute approximate surface area is 165 Å². The maximum Gasteiger partial charge on any atom is 0.355 e. The zero-order valence-corrected chi connectivity index (χ0v) is 16.4. The Morgan fingerprint density at radius 1 is 1.04 bits per heavy atom. The molecule has 0 heterocycles. The SMILES string of the molecule is CC[C@@H](C)c1ccc(C(=O)COC(=O)/C(=C/c2ccccc2)NC(C)=O)cc1. The number of amides is 1. The van der Waals surface area contributed by atoms with Crippen molar-refractivity contribution in [3.63, 3.8) is 0 Å². The molecule has 2 rings (SSSR count). The third-order valence-electron chi connectivity index (χ3n) is 4.39. The van der Waals surface area contributed by atoms with Crippen molar-refractivity contribution in [1.82, 2.24) is 5.32 Å². The number of Topliss-reactive ketones (excluding diaryl/α,β-unsaturated/α-hetero) is 1. The average Bonchev–Trinajstić information content (AvgIpc) is 2.71. The Bertz CT molecular complexity index is 854. The minimum Gasteiger partial charge on any atom is -0.453 e. The standard InChI is InChI=1S/C23H25NO4/c1-4-16(2)19-10-12-20(13-11-19)22(26)15-28-23(27)21(24-17(3)25)14-18-8-6-5-7-9-18/h5-14,16H,4,15H2,1-3H3,(H,24,25)/b21-14-/t16-/m1/s1. The molecular weight excluding hydrogens is 354 g/mol. The molecule has 0 aliphatic rings. The van der Waals surface area contributed by atoms with Gasteiger partial charge in [0.05, 0.1) is 0 Å². The third-order valence-corrected chi connectivity index (χ3v) is 4.39. The number of hydrogen-bond acceptors (Lipinski definition) is 4. The van der Waals surface area contributed by atoms with Crippen LogP contribution in [0.25, 0.3) is 6.08 Å². The number of ether oxygens (including phenoxy) is 1. The van der Waals surface area contributed by atoms with E-state index in [2.05, 4.69) is 19.2 Å². The van der Waals surface area contributed by atoms with E-state index in [4.69, 9.17) is 4.74 Å². The quantitative estimate of drug-likeness (QED) is 0.426. The molecule has 2 aromatic carbocycles. The average molecular weight is 379 g/mol. The summed E-state index contributed by atoms with van der Waals surface area (Å²) < 4.78 is 5.12. The van der Waals surface area contributed by atoms with E-state index in [-0.39, 0.29) is 11.5 Å². The Kier molecular flexibility index (Phi) is 7.69. The van der Waals surface area contributed by atoms with Crippen LogP contribution in [0.5, 0.6) is 0 Å². The zero-order valence-electron chi connectivity index (χ0n) is 16.4. The molecule has 0 aliphatic carbocycles. The fourth-order valence-corrected chi connectivity index (χ4v) is 2.58. The Balaban J connectivity index is 2.04. The van der Waals surface area contributed by atoms with E-state index in [1.54, 1.807) is 24.3 Å². The van der Waals surface area contributed by atoms with Crippen molar-refractivity contribution >= 4 is 23.7 Å². The van der Waals surface area contributed by atoms with Crippen LogP contribution in [0.2, 0.25) is 0 Å². The molecule has 0 aromatic heterocycles. The number of benzene rings is 2. The lowest BCUT2D eigenvalue weighted by Gasteiger charge is -2.10. The van der Waals surface area contributed by atoms with E-state index >= 15 is 0 Å². The van der Waals surface area contributed by atoms with Gasteiger partial charge in [-0.1, -0.05) is 68.4 Å². The van der Waals surface area contributed by atoms with E-state index in [1.165, 1.54) is 13.0 Å². The van der Waals surface area contributed by atoms with E-state index in [1.807, 2.05) is 30.3 Å². The van der Waals surface area contributed by atoms with Crippen LogP contribution in [0.1, 0.15) is 54.6 Å². The molecule has 1 amide bonds. The highest BCUT2D eigenvalue weighted by Crippen LogP contribution is 2.19. The minimum absolute atomic E-state index is 0.0152. The molecule has 2 aromatic rings. The van der Waals surface area contributed by atoms with Gasteiger partial charge in [-0.3, -0.25) is 9.59 Å². The largest absolute Gasteiger partial charge is 0.453 e. The van der Waals surface area contributed by atoms with Gasteiger partial charge in [-0.05, 0) is 29.5 Å². The topological polar surface area (TPSA) is 72.5 Å². The summed E-state index contributed by atoms with van der Waals surface area (Å²) in [6.07, 6.45) is 2.53. The number of carbonyl (C=O) groups excluding carboxylic acids is 3. The molecule has 0 spiro atoms. The monoisotopic (exact) mass is 379 g/mol. The smallest absolute Gasteiger partial charge is 0.355 e. The Morgan fingerprint density at radius 2 is 1.68 bits per heavy atom. The molecular formula is C23H25NO4. The summed E-state index contributed by atoms with van der Waals surface area (Å²) in [4.78, 5) is 36.1. The van der Waals surface area contributed by atoms with Gasteiger partial charge in [-0.2, -0.15) is 0 Å². The fourth-order valence-electron chi connectivity index (χ4n) is 2.58. The summed E-state index contributed by atoms with van der Waals surface area (Å²) in [7, 11) is 0. The molecule has 28 heavy (non-hydrogen) atoms. The second-order valence-electron chi connectivity index (χ2n) is 6.58. The fraction of sp³-hybridized carbons (Fsp3) is 0.261. The Hall–Kier alpha value is -3.21. The molecule has 0 fully saturated rings. The molecule has 1 N–H and O–H groups in total. The van der Waals surface area contributed by atoms with Crippen LogP contribution in [0.15, 0.2) is 60.3 Å². The summed E-state index contributed by atoms with van der Waals surface area (Å²) in [5.41, 5.74) is 2.36. The molecule has 0 saturated carbocycles. The van der Waals surface area contributed by atoms with Crippen LogP contribution < -0.4 is 5.32 Å². The maximum absolute atomic E-state index is 12.3. The lowest BCUT2D eigenvalue weighted by Crippen LogP contribution is -2.27. The van der Waals surface area contributed by atoms with Crippen molar-refractivity contribution in [3.05, 3.63) is 77.0 Å². The van der Waals surface area contributed by atoms with Gasteiger partial charge in [0.25, 0.3) is 0 Å². The van der Waals surface area contributed by atoms with Crippen LogP contribution in [0, 0.1) is 0 Å². The van der Waals surface area contributed by atoms with Gasteiger partial charge in [-0.25, -0.2) is 4.79 Å². The number of rotatable bonds is 8. The lowest BCUT2D eigenvalue weighted by atomic mass is 9.97. The molecule has 0 bridgehead atoms. The van der Waals surface area contributed by atoms with Crippen LogP contribution in [0.3, 0.4) is 0 Å². The first-order chi connectivity index (χ1) is 13.4. The summed E-state index contributed by atoms with van der Waals surface area (Å²) in [5.74, 6) is -1.04. The minimum atomic E-state index is -0.761. The van der Waals surface area contributed by atoms with Gasteiger partial charge in [0.1, 0.15) is 5.70 Å². The zero-order chi connectivity index (χ0) is 20.5. The molecule has 0 aliphatic heterocycles. The van der Waals surface area contributed by atoms with Gasteiger partial charge in [0.15, 0.2) is 12.4 Å². The maximum atomic E-state index is 12.3. The van der Waals surface area contributed by atoms with Gasteiger partial charge in [-0.15, -0.1) is 0 Å². The van der Waals surface area contributed by atoms with Gasteiger partial charge in [0, 0.05) is 12.5 Å². The van der Waals surface area contributed by atoms with Crippen LogP contribution >= 0.6 is 0 Å². The second kappa shape index (κ2) is 10.2. The van der Waals surface area contributed by atoms with Crippen molar-refractivity contribution < 1.29 is 19.1 Å². The van der Waals surface area contributed by atoms with E-state index in [9.17, 15) is 14.4 Å². The van der Waals surface area contributed by atoms with Crippen LogP contribution in [-0.2, 0) is 14.3 Å². The highest BCUT2D eigenvalue weighted by Gasteiger charge is 2.16. The van der Waals surface area contributed by atoms with Crippen molar-refractivity contribution in [1.29, 1.82) is 0 Å². The van der Waals surface area contributed by atoms with Crippen molar-refractivity contribution in [2.45, 2.75) is 33.1 Å². The highest BCUT2D eigenvalue weighted by molar-refractivity contribution is 6.01. The number of nitrogens with one attached hydrogen (secondary N) is 1. The van der Waals surface area contributed by atoms with Crippen LogP contribution in [-0.4, -0.2) is 24.3 Å². The summed E-state index contributed by atoms with van der Waals surface area (Å²) in [6.45, 7) is 5.14. The highest BCUT2D eigenvalue weighted by atomic mass is 16.5. The first-order valence-electron chi connectivity index (χ1n) is 9.25. The predicted octanol–water partition coefficient (Wildman–Crippen LogP) is 4.10. The van der Waals surface area contributed by atoms with Crippen molar-refractivity contribution in [2.75, 3.05) is 6.61 Å². The number of ketones is 1. The van der Waals surface area contributed by atoms with E-state index in [0.717, 1.165) is 17.5 Å². The molecule has 146 valence electrons. The number of hydrogen-bond donors (Lipinski definition) is 1. The van der Waals surface area contributed by atoms with E-state index in [0.29, 0.717) is 11.5 Å². The first-order valence-corrected chi connectivity index (χ1v) is 9.25. The molecule has 0 saturated heterocycles. The van der Waals surface area contributed by atoms with Crippen LogP contribution in [0.4, 0.5) is 0 Å². The van der Waals surface area contributed by atoms with Gasteiger partial charge >= 0.3 is 5.97 Å². The molecule has 0 radical (unpaired) electrons. The summed E-state index contributed by atoms with van der Waals surface area (Å²) >= 11 is 0. The van der Waals surface area contributed by atoms with Crippen molar-refractivity contribution in [3.8, 4) is 0 Å². The summed E-state index contributed by atoms with van der Waals surface area (Å²) in [6, 6.07) is 16.4. The molecule has 5 heteroatoms. The first kappa shape index (κ1) is 21.1. The molecule has 5 nitrogen and oxygen atoms in total. The number of carbonyl (C=O) groups is 3. The second-order valence-corrected chi connectivity index (χ2v) is 6.58. The molecule has 0 unspecified atom stereocenters. The van der Waals surface area contributed by atoms with E-state index < -0.39 is 18.5 Å². The Morgan fingerprint density at radius 3 is 2.25 bits per heavy atom.